The van der Waals surface area contributed by atoms with Crippen LogP contribution in [0.1, 0.15) is 13.8 Å². The van der Waals surface area contributed by atoms with E-state index in [2.05, 4.69) is 28.7 Å². The van der Waals surface area contributed by atoms with E-state index in [0.29, 0.717) is 12.6 Å². The third-order valence-corrected chi connectivity index (χ3v) is 2.63. The van der Waals surface area contributed by atoms with E-state index in [4.69, 9.17) is 5.73 Å². The lowest BCUT2D eigenvalue weighted by Gasteiger charge is -2.24. The SMILES string of the molecule is CC(C)N(C)c1cc(N(C)CCN)ncn1. The van der Waals surface area contributed by atoms with Crippen LogP contribution in [-0.2, 0) is 0 Å². The summed E-state index contributed by atoms with van der Waals surface area (Å²) in [5.41, 5.74) is 5.52. The number of aromatic nitrogens is 2. The van der Waals surface area contributed by atoms with Gasteiger partial charge in [-0.15, -0.1) is 0 Å². The van der Waals surface area contributed by atoms with Gasteiger partial charge in [-0.2, -0.15) is 0 Å². The summed E-state index contributed by atoms with van der Waals surface area (Å²) in [6.07, 6.45) is 1.59. The molecule has 0 radical (unpaired) electrons. The van der Waals surface area contributed by atoms with Gasteiger partial charge in [0.2, 0.25) is 0 Å². The number of nitrogens with zero attached hydrogens (tertiary/aromatic N) is 4. The fraction of sp³-hybridized carbons (Fsp3) is 0.636. The topological polar surface area (TPSA) is 58.3 Å². The van der Waals surface area contributed by atoms with Crippen LogP contribution in [0.4, 0.5) is 11.6 Å². The van der Waals surface area contributed by atoms with Crippen molar-refractivity contribution in [2.45, 2.75) is 19.9 Å². The summed E-state index contributed by atoms with van der Waals surface area (Å²) in [5, 5.41) is 0. The van der Waals surface area contributed by atoms with Crippen LogP contribution in [0.15, 0.2) is 12.4 Å². The van der Waals surface area contributed by atoms with Crippen molar-refractivity contribution in [3.63, 3.8) is 0 Å². The molecule has 0 spiro atoms. The largest absolute Gasteiger partial charge is 0.358 e. The Morgan fingerprint density at radius 3 is 2.44 bits per heavy atom. The maximum atomic E-state index is 5.52. The van der Waals surface area contributed by atoms with Crippen LogP contribution in [0.5, 0.6) is 0 Å². The Balaban J connectivity index is 2.86. The molecule has 0 aromatic carbocycles. The number of anilines is 2. The standard InChI is InChI=1S/C11H21N5/c1-9(2)16(4)11-7-10(13-8-14-11)15(3)6-5-12/h7-9H,5-6,12H2,1-4H3. The Hall–Kier alpha value is -1.36. The summed E-state index contributed by atoms with van der Waals surface area (Å²) in [4.78, 5) is 12.6. The number of hydrogen-bond donors (Lipinski definition) is 1. The zero-order valence-corrected chi connectivity index (χ0v) is 10.5. The van der Waals surface area contributed by atoms with Crippen molar-refractivity contribution in [2.24, 2.45) is 5.73 Å². The third-order valence-electron chi connectivity index (χ3n) is 2.63. The lowest BCUT2D eigenvalue weighted by atomic mass is 10.3. The van der Waals surface area contributed by atoms with Crippen LogP contribution in [-0.4, -0.2) is 43.2 Å². The van der Waals surface area contributed by atoms with Crippen molar-refractivity contribution in [3.05, 3.63) is 12.4 Å². The van der Waals surface area contributed by atoms with E-state index in [1.54, 1.807) is 6.33 Å². The van der Waals surface area contributed by atoms with E-state index in [1.807, 2.05) is 25.1 Å². The molecule has 0 aliphatic carbocycles. The summed E-state index contributed by atoms with van der Waals surface area (Å²) in [7, 11) is 4.01. The van der Waals surface area contributed by atoms with Crippen molar-refractivity contribution >= 4 is 11.6 Å². The number of likely N-dealkylation sites (N-methyl/N-ethyl adjacent to an activating group) is 1. The van der Waals surface area contributed by atoms with Crippen LogP contribution in [0, 0.1) is 0 Å². The molecule has 5 heteroatoms. The fourth-order valence-corrected chi connectivity index (χ4v) is 1.31. The van der Waals surface area contributed by atoms with Gasteiger partial charge in [0.25, 0.3) is 0 Å². The highest BCUT2D eigenvalue weighted by molar-refractivity contribution is 5.49. The second kappa shape index (κ2) is 5.65. The maximum Gasteiger partial charge on any atom is 0.134 e. The van der Waals surface area contributed by atoms with Gasteiger partial charge in [0.1, 0.15) is 18.0 Å². The highest BCUT2D eigenvalue weighted by Crippen LogP contribution is 2.16. The molecule has 0 bridgehead atoms. The van der Waals surface area contributed by atoms with Gasteiger partial charge in [0, 0.05) is 39.3 Å². The van der Waals surface area contributed by atoms with E-state index in [0.717, 1.165) is 18.2 Å². The van der Waals surface area contributed by atoms with Gasteiger partial charge in [0.15, 0.2) is 0 Å². The molecular weight excluding hydrogens is 202 g/mol. The third kappa shape index (κ3) is 3.06. The van der Waals surface area contributed by atoms with Gasteiger partial charge in [-0.25, -0.2) is 9.97 Å². The Labute approximate surface area is 97.3 Å². The first kappa shape index (κ1) is 12.7. The van der Waals surface area contributed by atoms with Crippen molar-refractivity contribution in [3.8, 4) is 0 Å². The highest BCUT2D eigenvalue weighted by Gasteiger charge is 2.09. The van der Waals surface area contributed by atoms with Gasteiger partial charge < -0.3 is 15.5 Å². The van der Waals surface area contributed by atoms with Crippen LogP contribution >= 0.6 is 0 Å². The predicted octanol–water partition coefficient (Wildman–Crippen LogP) is 0.716. The number of rotatable bonds is 5. The van der Waals surface area contributed by atoms with Gasteiger partial charge in [-0.1, -0.05) is 0 Å². The molecule has 0 unspecified atom stereocenters. The smallest absolute Gasteiger partial charge is 0.134 e. The first-order chi connectivity index (χ1) is 7.56. The number of nitrogens with two attached hydrogens (primary N) is 1. The first-order valence-corrected chi connectivity index (χ1v) is 5.52. The zero-order chi connectivity index (χ0) is 12.1. The molecule has 1 rings (SSSR count). The number of hydrogen-bond acceptors (Lipinski definition) is 5. The Kier molecular flexibility index (Phi) is 4.49. The molecule has 5 nitrogen and oxygen atoms in total. The molecule has 0 fully saturated rings. The molecule has 0 aliphatic heterocycles. The van der Waals surface area contributed by atoms with Crippen molar-refractivity contribution in [2.75, 3.05) is 37.0 Å². The summed E-state index contributed by atoms with van der Waals surface area (Å²) in [6.45, 7) is 5.68. The van der Waals surface area contributed by atoms with E-state index in [1.165, 1.54) is 0 Å². The molecular formula is C11H21N5. The Bertz CT molecular complexity index is 326. The lowest BCUT2D eigenvalue weighted by molar-refractivity contribution is 0.740. The molecule has 0 aliphatic rings. The Morgan fingerprint density at radius 2 is 1.88 bits per heavy atom. The van der Waals surface area contributed by atoms with Gasteiger partial charge in [0.05, 0.1) is 0 Å². The Morgan fingerprint density at radius 1 is 1.25 bits per heavy atom. The molecule has 16 heavy (non-hydrogen) atoms. The molecule has 0 atom stereocenters. The van der Waals surface area contributed by atoms with Crippen LogP contribution in [0.3, 0.4) is 0 Å². The molecule has 0 saturated carbocycles. The van der Waals surface area contributed by atoms with Crippen LogP contribution in [0.25, 0.3) is 0 Å². The molecule has 90 valence electrons. The summed E-state index contributed by atoms with van der Waals surface area (Å²) >= 11 is 0. The minimum absolute atomic E-state index is 0.419. The predicted molar refractivity (Wildman–Crippen MR) is 67.9 cm³/mol. The quantitative estimate of drug-likeness (QED) is 0.797. The second-order valence-electron chi connectivity index (χ2n) is 4.15. The van der Waals surface area contributed by atoms with Gasteiger partial charge >= 0.3 is 0 Å². The van der Waals surface area contributed by atoms with Crippen molar-refractivity contribution in [1.29, 1.82) is 0 Å². The molecule has 1 heterocycles. The molecule has 2 N–H and O–H groups in total. The molecule has 1 aromatic heterocycles. The van der Waals surface area contributed by atoms with Crippen molar-refractivity contribution in [1.82, 2.24) is 9.97 Å². The highest BCUT2D eigenvalue weighted by atomic mass is 15.2. The minimum Gasteiger partial charge on any atom is -0.358 e. The normalized spacial score (nSPS) is 10.6. The van der Waals surface area contributed by atoms with Crippen LogP contribution in [0.2, 0.25) is 0 Å². The first-order valence-electron chi connectivity index (χ1n) is 5.52. The van der Waals surface area contributed by atoms with Crippen molar-refractivity contribution < 1.29 is 0 Å². The van der Waals surface area contributed by atoms with Crippen LogP contribution < -0.4 is 15.5 Å². The maximum absolute atomic E-state index is 5.52. The van der Waals surface area contributed by atoms with E-state index >= 15 is 0 Å². The zero-order valence-electron chi connectivity index (χ0n) is 10.5. The van der Waals surface area contributed by atoms with Gasteiger partial charge in [-0.3, -0.25) is 0 Å². The second-order valence-corrected chi connectivity index (χ2v) is 4.15. The summed E-state index contributed by atoms with van der Waals surface area (Å²) in [5.74, 6) is 1.84. The fourth-order valence-electron chi connectivity index (χ4n) is 1.31. The molecule has 0 saturated heterocycles. The summed E-state index contributed by atoms with van der Waals surface area (Å²) < 4.78 is 0. The minimum atomic E-state index is 0.419. The average Bonchev–Trinajstić information content (AvgIpc) is 2.28. The van der Waals surface area contributed by atoms with Gasteiger partial charge in [-0.05, 0) is 13.8 Å². The molecule has 0 amide bonds. The molecule has 1 aromatic rings. The monoisotopic (exact) mass is 223 g/mol. The summed E-state index contributed by atoms with van der Waals surface area (Å²) in [6, 6.07) is 2.40. The van der Waals surface area contributed by atoms with E-state index < -0.39 is 0 Å². The van der Waals surface area contributed by atoms with E-state index in [9.17, 15) is 0 Å². The lowest BCUT2D eigenvalue weighted by Crippen LogP contribution is -2.28. The average molecular weight is 223 g/mol. The van der Waals surface area contributed by atoms with E-state index in [-0.39, 0.29) is 0 Å².